The van der Waals surface area contributed by atoms with Crippen LogP contribution in [0.1, 0.15) is 54.8 Å². The van der Waals surface area contributed by atoms with Gasteiger partial charge in [-0.05, 0) is 63.6 Å². The van der Waals surface area contributed by atoms with E-state index in [0.717, 1.165) is 6.42 Å². The number of anilines is 2. The van der Waals surface area contributed by atoms with Crippen LogP contribution >= 0.6 is 0 Å². The third-order valence-corrected chi connectivity index (χ3v) is 6.69. The molecule has 2 aromatic carbocycles. The molecule has 0 aromatic heterocycles. The monoisotopic (exact) mass is 431 g/mol. The van der Waals surface area contributed by atoms with Crippen molar-refractivity contribution in [3.63, 3.8) is 0 Å². The molecule has 0 aliphatic carbocycles. The number of amides is 2. The molecule has 0 fully saturated rings. The Kier molecular flexibility index (Phi) is 8.00. The van der Waals surface area contributed by atoms with Crippen LogP contribution in [0.4, 0.5) is 11.4 Å². The van der Waals surface area contributed by atoms with Crippen molar-refractivity contribution in [2.45, 2.75) is 40.2 Å². The Morgan fingerprint density at radius 2 is 1.60 bits per heavy atom. The molecule has 0 aliphatic heterocycles. The molecule has 0 saturated carbocycles. The molecule has 0 bridgehead atoms. The van der Waals surface area contributed by atoms with Gasteiger partial charge in [0.15, 0.2) is 0 Å². The fourth-order valence-electron chi connectivity index (χ4n) is 2.86. The summed E-state index contributed by atoms with van der Waals surface area (Å²) in [6.07, 6.45) is 0.801. The van der Waals surface area contributed by atoms with E-state index in [1.807, 2.05) is 13.8 Å². The molecule has 0 aliphatic rings. The van der Waals surface area contributed by atoms with Gasteiger partial charge < -0.3 is 10.6 Å². The summed E-state index contributed by atoms with van der Waals surface area (Å²) in [5.74, 6) is -0.635. The first-order chi connectivity index (χ1) is 14.2. The second-order valence-electron chi connectivity index (χ2n) is 6.89. The molecule has 162 valence electrons. The predicted octanol–water partition coefficient (Wildman–Crippen LogP) is 3.64. The lowest BCUT2D eigenvalue weighted by atomic mass is 10.1. The van der Waals surface area contributed by atoms with Crippen molar-refractivity contribution in [2.24, 2.45) is 0 Å². The summed E-state index contributed by atoms with van der Waals surface area (Å²) < 4.78 is 25.7. The Balaban J connectivity index is 2.21. The Morgan fingerprint density at radius 3 is 2.17 bits per heavy atom. The number of para-hydroxylation sites is 1. The molecule has 8 heteroatoms. The zero-order valence-electron chi connectivity index (χ0n) is 17.8. The highest BCUT2D eigenvalue weighted by Gasteiger charge is 2.19. The fraction of sp³-hybridized carbons (Fsp3) is 0.364. The van der Waals surface area contributed by atoms with E-state index in [1.54, 1.807) is 62.4 Å². The first kappa shape index (κ1) is 23.4. The van der Waals surface area contributed by atoms with E-state index < -0.39 is 10.0 Å². The molecule has 1 unspecified atom stereocenters. The molecule has 30 heavy (non-hydrogen) atoms. The number of nitrogens with zero attached hydrogens (tertiary/aromatic N) is 1. The molecular formula is C22H29N3O4S. The zero-order chi connectivity index (χ0) is 22.3. The summed E-state index contributed by atoms with van der Waals surface area (Å²) in [6.45, 7) is 7.55. The molecule has 1 atom stereocenters. The molecule has 2 N–H and O–H groups in total. The number of rotatable bonds is 9. The van der Waals surface area contributed by atoms with E-state index in [1.165, 1.54) is 4.31 Å². The van der Waals surface area contributed by atoms with Gasteiger partial charge in [0.05, 0.1) is 22.7 Å². The highest BCUT2D eigenvalue weighted by molar-refractivity contribution is 7.92. The first-order valence-corrected chi connectivity index (χ1v) is 11.7. The molecule has 2 aromatic rings. The minimum atomic E-state index is -3.38. The normalized spacial score (nSPS) is 12.1. The minimum Gasteiger partial charge on any atom is -0.350 e. The van der Waals surface area contributed by atoms with Gasteiger partial charge in [0.2, 0.25) is 10.0 Å². The minimum absolute atomic E-state index is 0.00141. The molecular weight excluding hydrogens is 402 g/mol. The topological polar surface area (TPSA) is 95.6 Å². The standard InChI is InChI=1S/C22H29N3O4S/c1-5-16(4)23-22(27)19-10-8-9-11-20(19)24-21(26)17-12-14-18(15-13-17)25(6-2)30(28,29)7-3/h8-16H,5-7H2,1-4H3,(H,23,27)(H,24,26). The lowest BCUT2D eigenvalue weighted by Crippen LogP contribution is -2.32. The number of carbonyl (C=O) groups is 2. The fourth-order valence-corrected chi connectivity index (χ4v) is 4.01. The van der Waals surface area contributed by atoms with Gasteiger partial charge in [-0.2, -0.15) is 0 Å². The van der Waals surface area contributed by atoms with Crippen LogP contribution in [0.15, 0.2) is 48.5 Å². The summed E-state index contributed by atoms with van der Waals surface area (Å²) in [6, 6.07) is 13.2. The van der Waals surface area contributed by atoms with Crippen LogP contribution in [-0.4, -0.2) is 38.6 Å². The third-order valence-electron chi connectivity index (χ3n) is 4.82. The van der Waals surface area contributed by atoms with Gasteiger partial charge in [0.1, 0.15) is 0 Å². The van der Waals surface area contributed by atoms with E-state index in [9.17, 15) is 18.0 Å². The van der Waals surface area contributed by atoms with Crippen LogP contribution in [-0.2, 0) is 10.0 Å². The van der Waals surface area contributed by atoms with Crippen molar-refractivity contribution in [1.29, 1.82) is 0 Å². The van der Waals surface area contributed by atoms with Crippen molar-refractivity contribution in [1.82, 2.24) is 5.32 Å². The molecule has 2 rings (SSSR count). The first-order valence-electron chi connectivity index (χ1n) is 10.0. The summed E-state index contributed by atoms with van der Waals surface area (Å²) in [7, 11) is -3.38. The predicted molar refractivity (Wildman–Crippen MR) is 121 cm³/mol. The van der Waals surface area contributed by atoms with Gasteiger partial charge in [0.25, 0.3) is 11.8 Å². The zero-order valence-corrected chi connectivity index (χ0v) is 18.6. The molecule has 2 amide bonds. The van der Waals surface area contributed by atoms with Gasteiger partial charge in [-0.1, -0.05) is 19.1 Å². The van der Waals surface area contributed by atoms with Crippen molar-refractivity contribution < 1.29 is 18.0 Å². The maximum atomic E-state index is 12.7. The average Bonchev–Trinajstić information content (AvgIpc) is 2.74. The second-order valence-corrected chi connectivity index (χ2v) is 9.08. The number of sulfonamides is 1. The van der Waals surface area contributed by atoms with Crippen molar-refractivity contribution in [3.8, 4) is 0 Å². The summed E-state index contributed by atoms with van der Waals surface area (Å²) >= 11 is 0. The van der Waals surface area contributed by atoms with Crippen molar-refractivity contribution in [3.05, 3.63) is 59.7 Å². The number of nitrogens with one attached hydrogen (secondary N) is 2. The lowest BCUT2D eigenvalue weighted by Gasteiger charge is -2.22. The van der Waals surface area contributed by atoms with E-state index in [2.05, 4.69) is 10.6 Å². The highest BCUT2D eigenvalue weighted by Crippen LogP contribution is 2.21. The second kappa shape index (κ2) is 10.2. The summed E-state index contributed by atoms with van der Waals surface area (Å²) in [4.78, 5) is 25.2. The molecule has 0 heterocycles. The van der Waals surface area contributed by atoms with Gasteiger partial charge in [0, 0.05) is 18.2 Å². The van der Waals surface area contributed by atoms with Gasteiger partial charge in [-0.3, -0.25) is 13.9 Å². The van der Waals surface area contributed by atoms with Crippen LogP contribution in [0, 0.1) is 0 Å². The quantitative estimate of drug-likeness (QED) is 0.634. The number of hydrogen-bond donors (Lipinski definition) is 2. The Hall–Kier alpha value is -2.87. The van der Waals surface area contributed by atoms with E-state index >= 15 is 0 Å². The lowest BCUT2D eigenvalue weighted by molar-refractivity contribution is 0.0940. The number of hydrogen-bond acceptors (Lipinski definition) is 4. The van der Waals surface area contributed by atoms with E-state index in [-0.39, 0.29) is 23.6 Å². The van der Waals surface area contributed by atoms with Gasteiger partial charge >= 0.3 is 0 Å². The smallest absolute Gasteiger partial charge is 0.255 e. The SMILES string of the molecule is CCC(C)NC(=O)c1ccccc1NC(=O)c1ccc(N(CC)S(=O)(=O)CC)cc1. The Morgan fingerprint density at radius 1 is 0.967 bits per heavy atom. The Bertz CT molecular complexity index is 988. The molecule has 7 nitrogen and oxygen atoms in total. The summed E-state index contributed by atoms with van der Waals surface area (Å²) in [5, 5.41) is 5.66. The molecule has 0 radical (unpaired) electrons. The van der Waals surface area contributed by atoms with Crippen LogP contribution in [0.5, 0.6) is 0 Å². The molecule has 0 saturated heterocycles. The van der Waals surface area contributed by atoms with Crippen LogP contribution < -0.4 is 14.9 Å². The van der Waals surface area contributed by atoms with Gasteiger partial charge in [-0.15, -0.1) is 0 Å². The average molecular weight is 432 g/mol. The largest absolute Gasteiger partial charge is 0.350 e. The molecule has 0 spiro atoms. The third kappa shape index (κ3) is 5.60. The maximum absolute atomic E-state index is 12.7. The van der Waals surface area contributed by atoms with Crippen LogP contribution in [0.25, 0.3) is 0 Å². The number of benzene rings is 2. The van der Waals surface area contributed by atoms with E-state index in [4.69, 9.17) is 0 Å². The maximum Gasteiger partial charge on any atom is 0.255 e. The van der Waals surface area contributed by atoms with E-state index in [0.29, 0.717) is 29.0 Å². The van der Waals surface area contributed by atoms with Crippen LogP contribution in [0.2, 0.25) is 0 Å². The summed E-state index contributed by atoms with van der Waals surface area (Å²) in [5.41, 5.74) is 1.66. The highest BCUT2D eigenvalue weighted by atomic mass is 32.2. The van der Waals surface area contributed by atoms with Crippen molar-refractivity contribution in [2.75, 3.05) is 21.9 Å². The van der Waals surface area contributed by atoms with Crippen LogP contribution in [0.3, 0.4) is 0 Å². The van der Waals surface area contributed by atoms with Gasteiger partial charge in [-0.25, -0.2) is 8.42 Å². The van der Waals surface area contributed by atoms with Crippen molar-refractivity contribution >= 4 is 33.2 Å². The number of carbonyl (C=O) groups excluding carboxylic acids is 2. The Labute approximate surface area is 178 Å².